The van der Waals surface area contributed by atoms with E-state index in [0.717, 1.165) is 11.8 Å². The van der Waals surface area contributed by atoms with Gasteiger partial charge in [0.2, 0.25) is 5.95 Å². The van der Waals surface area contributed by atoms with E-state index in [1.54, 1.807) is 48.5 Å². The van der Waals surface area contributed by atoms with E-state index in [0.29, 0.717) is 16.9 Å². The van der Waals surface area contributed by atoms with E-state index in [1.807, 2.05) is 0 Å². The summed E-state index contributed by atoms with van der Waals surface area (Å²) < 4.78 is 14.0. The van der Waals surface area contributed by atoms with E-state index in [4.69, 9.17) is 0 Å². The molecule has 128 valence electrons. The molecule has 0 radical (unpaired) electrons. The average molecular weight is 340 g/mol. The summed E-state index contributed by atoms with van der Waals surface area (Å²) in [4.78, 5) is 8.07. The Morgan fingerprint density at radius 1 is 0.880 bits per heavy atom. The third-order valence-corrected chi connectivity index (χ3v) is 3.48. The lowest BCUT2D eigenvalue weighted by atomic mass is 10.2. The van der Waals surface area contributed by atoms with Crippen LogP contribution < -0.4 is 10.6 Å². The van der Waals surface area contributed by atoms with Gasteiger partial charge in [0.05, 0.1) is 19.4 Å². The molecule has 0 spiro atoms. The maximum Gasteiger partial charge on any atom is 0.229 e. The van der Waals surface area contributed by atoms with Gasteiger partial charge >= 0.3 is 0 Å². The number of nitrogens with zero attached hydrogens (tertiary/aromatic N) is 2. The van der Waals surface area contributed by atoms with Crippen LogP contribution in [0.2, 0.25) is 0 Å². The van der Waals surface area contributed by atoms with Crippen molar-refractivity contribution >= 4 is 23.1 Å². The van der Waals surface area contributed by atoms with Crippen LogP contribution in [0.3, 0.4) is 0 Å². The number of benzene rings is 2. The topological polar surface area (TPSA) is 90.3 Å². The molecule has 25 heavy (non-hydrogen) atoms. The Kier molecular flexibility index (Phi) is 5.17. The van der Waals surface area contributed by atoms with Crippen molar-refractivity contribution in [1.29, 1.82) is 0 Å². The van der Waals surface area contributed by atoms with Gasteiger partial charge in [0, 0.05) is 11.4 Å². The predicted molar refractivity (Wildman–Crippen MR) is 93.3 cm³/mol. The maximum atomic E-state index is 14.0. The summed E-state index contributed by atoms with van der Waals surface area (Å²) in [6.45, 7) is -0.177. The number of nitrogens with one attached hydrogen (secondary N) is 2. The lowest BCUT2D eigenvalue weighted by Gasteiger charge is -2.10. The van der Waals surface area contributed by atoms with Crippen LogP contribution in [-0.4, -0.2) is 20.2 Å². The molecular weight excluding hydrogens is 323 g/mol. The standard InChI is InChI=1S/C18H17FN4O2/c19-16-9-20-18(22-15-6-2-4-13(8-15)11-25)23-17(16)21-14-5-1-3-12(7-14)10-24/h1-9,24-25H,10-11H2,(H2,20,21,22,23). The number of aliphatic hydroxyl groups excluding tert-OH is 2. The van der Waals surface area contributed by atoms with Gasteiger partial charge < -0.3 is 20.8 Å². The highest BCUT2D eigenvalue weighted by Crippen LogP contribution is 2.21. The zero-order valence-corrected chi connectivity index (χ0v) is 13.3. The molecule has 3 aromatic rings. The quantitative estimate of drug-likeness (QED) is 0.551. The average Bonchev–Trinajstić information content (AvgIpc) is 2.65. The first-order valence-electron chi connectivity index (χ1n) is 7.64. The molecule has 2 aromatic carbocycles. The highest BCUT2D eigenvalue weighted by molar-refractivity contribution is 5.60. The lowest BCUT2D eigenvalue weighted by molar-refractivity contribution is 0.281. The Hall–Kier alpha value is -3.03. The van der Waals surface area contributed by atoms with Gasteiger partial charge in [-0.1, -0.05) is 24.3 Å². The Morgan fingerprint density at radius 3 is 2.08 bits per heavy atom. The fourth-order valence-corrected chi connectivity index (χ4v) is 2.28. The minimum atomic E-state index is -0.593. The number of hydrogen-bond donors (Lipinski definition) is 4. The van der Waals surface area contributed by atoms with Gasteiger partial charge in [0.15, 0.2) is 11.6 Å². The van der Waals surface area contributed by atoms with Crippen molar-refractivity contribution < 1.29 is 14.6 Å². The van der Waals surface area contributed by atoms with Crippen LogP contribution in [0.25, 0.3) is 0 Å². The molecule has 0 aliphatic rings. The molecule has 0 fully saturated rings. The van der Waals surface area contributed by atoms with Crippen molar-refractivity contribution in [2.24, 2.45) is 0 Å². The smallest absolute Gasteiger partial charge is 0.229 e. The van der Waals surface area contributed by atoms with E-state index >= 15 is 0 Å². The molecule has 1 aromatic heterocycles. The van der Waals surface area contributed by atoms with Crippen LogP contribution in [0.1, 0.15) is 11.1 Å². The van der Waals surface area contributed by atoms with Crippen molar-refractivity contribution in [2.75, 3.05) is 10.6 Å². The van der Waals surface area contributed by atoms with Crippen molar-refractivity contribution in [2.45, 2.75) is 13.2 Å². The molecule has 1 heterocycles. The first kappa shape index (κ1) is 16.8. The highest BCUT2D eigenvalue weighted by Gasteiger charge is 2.08. The summed E-state index contributed by atoms with van der Waals surface area (Å²) >= 11 is 0. The SMILES string of the molecule is OCc1cccc(Nc2ncc(F)c(Nc3cccc(CO)c3)n2)c1. The number of anilines is 4. The lowest BCUT2D eigenvalue weighted by Crippen LogP contribution is -2.03. The summed E-state index contributed by atoms with van der Waals surface area (Å²) in [5.41, 5.74) is 2.74. The fraction of sp³-hybridized carbons (Fsp3) is 0.111. The van der Waals surface area contributed by atoms with Crippen LogP contribution >= 0.6 is 0 Å². The zero-order valence-electron chi connectivity index (χ0n) is 13.3. The van der Waals surface area contributed by atoms with Crippen molar-refractivity contribution in [3.63, 3.8) is 0 Å². The van der Waals surface area contributed by atoms with E-state index in [1.165, 1.54) is 0 Å². The molecular formula is C18H17FN4O2. The van der Waals surface area contributed by atoms with Gasteiger partial charge in [0.1, 0.15) is 0 Å². The van der Waals surface area contributed by atoms with Gasteiger partial charge in [-0.25, -0.2) is 9.37 Å². The minimum Gasteiger partial charge on any atom is -0.392 e. The van der Waals surface area contributed by atoms with Crippen molar-refractivity contribution in [1.82, 2.24) is 9.97 Å². The summed E-state index contributed by atoms with van der Waals surface area (Å²) in [5.74, 6) is -0.354. The van der Waals surface area contributed by atoms with Gasteiger partial charge in [-0.2, -0.15) is 4.98 Å². The fourth-order valence-electron chi connectivity index (χ4n) is 2.28. The van der Waals surface area contributed by atoms with Crippen LogP contribution in [-0.2, 0) is 13.2 Å². The van der Waals surface area contributed by atoms with Gasteiger partial charge in [-0.3, -0.25) is 0 Å². The molecule has 0 aliphatic carbocycles. The second-order valence-corrected chi connectivity index (χ2v) is 5.36. The van der Waals surface area contributed by atoms with Gasteiger partial charge in [-0.05, 0) is 35.4 Å². The molecule has 0 atom stereocenters. The van der Waals surface area contributed by atoms with Crippen molar-refractivity contribution in [3.05, 3.63) is 71.7 Å². The molecule has 0 aliphatic heterocycles. The molecule has 0 bridgehead atoms. The largest absolute Gasteiger partial charge is 0.392 e. The predicted octanol–water partition coefficient (Wildman–Crippen LogP) is 3.09. The molecule has 0 saturated carbocycles. The van der Waals surface area contributed by atoms with E-state index in [2.05, 4.69) is 20.6 Å². The molecule has 6 nitrogen and oxygen atoms in total. The summed E-state index contributed by atoms with van der Waals surface area (Å²) in [6, 6.07) is 14.1. The van der Waals surface area contributed by atoms with Crippen LogP contribution in [0.5, 0.6) is 0 Å². The third kappa shape index (κ3) is 4.28. The Morgan fingerprint density at radius 2 is 1.48 bits per heavy atom. The van der Waals surface area contributed by atoms with Gasteiger partial charge in [0.25, 0.3) is 0 Å². The number of aromatic nitrogens is 2. The first-order valence-corrected chi connectivity index (χ1v) is 7.64. The van der Waals surface area contributed by atoms with Crippen LogP contribution in [0, 0.1) is 5.82 Å². The molecule has 4 N–H and O–H groups in total. The van der Waals surface area contributed by atoms with Gasteiger partial charge in [-0.15, -0.1) is 0 Å². The number of hydrogen-bond acceptors (Lipinski definition) is 6. The number of rotatable bonds is 6. The third-order valence-electron chi connectivity index (χ3n) is 3.48. The molecule has 0 amide bonds. The summed E-state index contributed by atoms with van der Waals surface area (Å²) in [6.07, 6.45) is 1.07. The molecule has 0 saturated heterocycles. The molecule has 3 rings (SSSR count). The first-order chi connectivity index (χ1) is 12.2. The second kappa shape index (κ2) is 7.69. The molecule has 7 heteroatoms. The Bertz CT molecular complexity index is 873. The number of halogens is 1. The number of aliphatic hydroxyl groups is 2. The van der Waals surface area contributed by atoms with E-state index in [9.17, 15) is 14.6 Å². The monoisotopic (exact) mass is 340 g/mol. The van der Waals surface area contributed by atoms with E-state index in [-0.39, 0.29) is 25.0 Å². The normalized spacial score (nSPS) is 10.5. The summed E-state index contributed by atoms with van der Waals surface area (Å²) in [7, 11) is 0. The minimum absolute atomic E-state index is 0.0194. The maximum absolute atomic E-state index is 14.0. The van der Waals surface area contributed by atoms with Crippen LogP contribution in [0.4, 0.5) is 27.5 Å². The van der Waals surface area contributed by atoms with E-state index < -0.39 is 5.82 Å². The Balaban J connectivity index is 1.82. The highest BCUT2D eigenvalue weighted by atomic mass is 19.1. The van der Waals surface area contributed by atoms with Crippen LogP contribution in [0.15, 0.2) is 54.7 Å². The zero-order chi connectivity index (χ0) is 17.6. The Labute approximate surface area is 144 Å². The summed E-state index contributed by atoms with van der Waals surface area (Å²) in [5, 5.41) is 24.2. The van der Waals surface area contributed by atoms with Crippen molar-refractivity contribution in [3.8, 4) is 0 Å². The second-order valence-electron chi connectivity index (χ2n) is 5.36. The molecule has 0 unspecified atom stereocenters.